The van der Waals surface area contributed by atoms with Crippen LogP contribution in [0.2, 0.25) is 0 Å². The molecular formula is C21H28N4O2+2. The number of fused-ring (bicyclic) bond motifs is 1. The lowest BCUT2D eigenvalue weighted by Gasteiger charge is -2.22. The number of imidazole rings is 1. The second-order valence-corrected chi connectivity index (χ2v) is 7.20. The fourth-order valence-corrected chi connectivity index (χ4v) is 3.88. The number of rotatable bonds is 5. The molecule has 142 valence electrons. The van der Waals surface area contributed by atoms with Crippen LogP contribution in [-0.2, 0) is 6.54 Å². The normalized spacial score (nSPS) is 15.2. The highest BCUT2D eigenvalue weighted by Gasteiger charge is 2.23. The lowest BCUT2D eigenvalue weighted by molar-refractivity contribution is -0.958. The molecule has 2 aromatic heterocycles. The molecule has 3 aromatic rings. The first-order chi connectivity index (χ1) is 13.2. The minimum atomic E-state index is 0.731. The van der Waals surface area contributed by atoms with E-state index in [-0.39, 0.29) is 0 Å². The van der Waals surface area contributed by atoms with Gasteiger partial charge in [0.15, 0.2) is 11.5 Å². The maximum absolute atomic E-state index is 5.51. The fraction of sp³-hybridized carbons (Fsp3) is 0.381. The van der Waals surface area contributed by atoms with Crippen LogP contribution in [0.1, 0.15) is 11.3 Å². The zero-order chi connectivity index (χ0) is 18.8. The van der Waals surface area contributed by atoms with Crippen LogP contribution < -0.4 is 19.7 Å². The molecule has 3 N–H and O–H groups in total. The largest absolute Gasteiger partial charge is 0.493 e. The fourth-order valence-electron chi connectivity index (χ4n) is 3.88. The van der Waals surface area contributed by atoms with Gasteiger partial charge < -0.3 is 19.7 Å². The molecule has 0 bridgehead atoms. The monoisotopic (exact) mass is 368 g/mol. The summed E-state index contributed by atoms with van der Waals surface area (Å²) in [6.45, 7) is 7.83. The van der Waals surface area contributed by atoms with Crippen molar-refractivity contribution in [1.82, 2.24) is 9.38 Å². The molecule has 1 aliphatic rings. The Bertz CT molecular complexity index is 945. The molecule has 0 unspecified atom stereocenters. The molecule has 0 spiro atoms. The van der Waals surface area contributed by atoms with Gasteiger partial charge >= 0.3 is 0 Å². The molecule has 1 aliphatic heterocycles. The number of nitrogens with zero attached hydrogens (tertiary/aromatic N) is 2. The van der Waals surface area contributed by atoms with E-state index in [1.165, 1.54) is 37.4 Å². The van der Waals surface area contributed by atoms with Gasteiger partial charge in [-0.05, 0) is 42.8 Å². The maximum atomic E-state index is 5.51. The van der Waals surface area contributed by atoms with Gasteiger partial charge in [0, 0.05) is 11.8 Å². The number of pyridine rings is 1. The van der Waals surface area contributed by atoms with E-state index in [9.17, 15) is 0 Å². The molecule has 1 saturated heterocycles. The van der Waals surface area contributed by atoms with Crippen LogP contribution in [-0.4, -0.2) is 49.8 Å². The Hall–Kier alpha value is -2.57. The van der Waals surface area contributed by atoms with Crippen molar-refractivity contribution in [2.75, 3.05) is 40.4 Å². The van der Waals surface area contributed by atoms with Crippen molar-refractivity contribution < 1.29 is 19.7 Å². The number of hydrogen-bond donors (Lipinski definition) is 2. The van der Waals surface area contributed by atoms with Crippen LogP contribution in [0.25, 0.3) is 16.9 Å². The van der Waals surface area contributed by atoms with E-state index < -0.39 is 0 Å². The van der Waals surface area contributed by atoms with Gasteiger partial charge in [0.05, 0.1) is 19.9 Å². The number of hydrogen-bond acceptors (Lipinski definition) is 3. The molecule has 0 atom stereocenters. The SMILES string of the molecule is COc1ccc(-c2nc3cc(C)ccn3c2C[NH+]2CC[NH2+]CC2)cc1OC. The van der Waals surface area contributed by atoms with Crippen LogP contribution >= 0.6 is 0 Å². The van der Waals surface area contributed by atoms with E-state index in [4.69, 9.17) is 14.5 Å². The van der Waals surface area contributed by atoms with Crippen molar-refractivity contribution in [3.63, 3.8) is 0 Å². The van der Waals surface area contributed by atoms with Gasteiger partial charge in [-0.1, -0.05) is 0 Å². The van der Waals surface area contributed by atoms with Crippen molar-refractivity contribution in [3.8, 4) is 22.8 Å². The third-order valence-corrected chi connectivity index (χ3v) is 5.36. The number of methoxy groups -OCH3 is 2. The molecular weight excluding hydrogens is 340 g/mol. The topological polar surface area (TPSA) is 56.8 Å². The van der Waals surface area contributed by atoms with E-state index in [1.807, 2.05) is 12.1 Å². The minimum absolute atomic E-state index is 0.731. The first-order valence-corrected chi connectivity index (χ1v) is 9.55. The summed E-state index contributed by atoms with van der Waals surface area (Å²) in [6, 6.07) is 10.3. The molecule has 0 aliphatic carbocycles. The van der Waals surface area contributed by atoms with Crippen LogP contribution in [0, 0.1) is 6.92 Å². The Morgan fingerprint density at radius 3 is 2.59 bits per heavy atom. The molecule has 4 rings (SSSR count). The van der Waals surface area contributed by atoms with Crippen molar-refractivity contribution >= 4 is 5.65 Å². The molecule has 0 saturated carbocycles. The summed E-state index contributed by atoms with van der Waals surface area (Å²) < 4.78 is 13.1. The second-order valence-electron chi connectivity index (χ2n) is 7.20. The van der Waals surface area contributed by atoms with Gasteiger partial charge in [-0.2, -0.15) is 0 Å². The van der Waals surface area contributed by atoms with E-state index >= 15 is 0 Å². The van der Waals surface area contributed by atoms with Gasteiger partial charge in [0.1, 0.15) is 44.1 Å². The quantitative estimate of drug-likeness (QED) is 0.681. The molecule has 3 heterocycles. The number of quaternary nitrogens is 2. The summed E-state index contributed by atoms with van der Waals surface area (Å²) in [5.41, 5.74) is 5.57. The maximum Gasteiger partial charge on any atom is 0.161 e. The average molecular weight is 368 g/mol. The number of nitrogens with two attached hydrogens (primary N) is 1. The molecule has 6 nitrogen and oxygen atoms in total. The minimum Gasteiger partial charge on any atom is -0.493 e. The zero-order valence-corrected chi connectivity index (χ0v) is 16.3. The predicted molar refractivity (Wildman–Crippen MR) is 105 cm³/mol. The Morgan fingerprint density at radius 2 is 1.85 bits per heavy atom. The molecule has 6 heteroatoms. The summed E-state index contributed by atoms with van der Waals surface area (Å²) >= 11 is 0. The Balaban J connectivity index is 1.82. The molecule has 27 heavy (non-hydrogen) atoms. The van der Waals surface area contributed by atoms with Crippen molar-refractivity contribution in [3.05, 3.63) is 47.8 Å². The van der Waals surface area contributed by atoms with E-state index in [2.05, 4.69) is 41.0 Å². The lowest BCUT2D eigenvalue weighted by atomic mass is 10.1. The van der Waals surface area contributed by atoms with Gasteiger partial charge in [-0.3, -0.25) is 4.40 Å². The van der Waals surface area contributed by atoms with E-state index in [1.54, 1.807) is 19.1 Å². The van der Waals surface area contributed by atoms with Crippen molar-refractivity contribution in [1.29, 1.82) is 0 Å². The lowest BCUT2D eigenvalue weighted by Crippen LogP contribution is -3.19. The van der Waals surface area contributed by atoms with Crippen LogP contribution in [0.5, 0.6) is 11.5 Å². The predicted octanol–water partition coefficient (Wildman–Crippen LogP) is 0.289. The summed E-state index contributed by atoms with van der Waals surface area (Å²) in [5.74, 6) is 1.47. The van der Waals surface area contributed by atoms with Crippen molar-refractivity contribution in [2.45, 2.75) is 13.5 Å². The summed E-state index contributed by atoms with van der Waals surface area (Å²) in [4.78, 5) is 6.60. The van der Waals surface area contributed by atoms with Crippen LogP contribution in [0.4, 0.5) is 0 Å². The summed E-state index contributed by atoms with van der Waals surface area (Å²) in [7, 11) is 3.33. The second kappa shape index (κ2) is 7.58. The highest BCUT2D eigenvalue weighted by molar-refractivity contribution is 5.69. The van der Waals surface area contributed by atoms with Crippen LogP contribution in [0.15, 0.2) is 36.5 Å². The smallest absolute Gasteiger partial charge is 0.161 e. The Kier molecular flexibility index (Phi) is 5.01. The number of benzene rings is 1. The first kappa shape index (κ1) is 17.8. The molecule has 0 radical (unpaired) electrons. The van der Waals surface area contributed by atoms with E-state index in [0.29, 0.717) is 0 Å². The first-order valence-electron chi connectivity index (χ1n) is 9.55. The highest BCUT2D eigenvalue weighted by atomic mass is 16.5. The van der Waals surface area contributed by atoms with Crippen LogP contribution in [0.3, 0.4) is 0 Å². The number of aryl methyl sites for hydroxylation is 1. The Morgan fingerprint density at radius 1 is 1.07 bits per heavy atom. The summed E-state index contributed by atoms with van der Waals surface area (Å²) in [6.07, 6.45) is 2.15. The number of aromatic nitrogens is 2. The number of ether oxygens (including phenoxy) is 2. The Labute approximate surface area is 159 Å². The average Bonchev–Trinajstić information content (AvgIpc) is 3.05. The molecule has 1 aromatic carbocycles. The number of piperazine rings is 1. The highest BCUT2D eigenvalue weighted by Crippen LogP contribution is 2.33. The molecule has 1 fully saturated rings. The van der Waals surface area contributed by atoms with Gasteiger partial charge in [-0.15, -0.1) is 0 Å². The standard InChI is InChI=1S/C21H26N4O2/c1-15-6-9-25-17(14-24-10-7-22-8-11-24)21(23-20(25)12-15)16-4-5-18(26-2)19(13-16)27-3/h4-6,9,12-13,22H,7-8,10-11,14H2,1-3H3/p+2. The van der Waals surface area contributed by atoms with Crippen molar-refractivity contribution in [2.24, 2.45) is 0 Å². The van der Waals surface area contributed by atoms with Gasteiger partial charge in [0.25, 0.3) is 0 Å². The zero-order valence-electron chi connectivity index (χ0n) is 16.3. The summed E-state index contributed by atoms with van der Waals surface area (Å²) in [5, 5.41) is 2.40. The van der Waals surface area contributed by atoms with Gasteiger partial charge in [-0.25, -0.2) is 4.98 Å². The number of nitrogens with one attached hydrogen (secondary N) is 1. The third kappa shape index (κ3) is 3.50. The van der Waals surface area contributed by atoms with Gasteiger partial charge in [0.2, 0.25) is 0 Å². The molecule has 0 amide bonds. The van der Waals surface area contributed by atoms with E-state index in [0.717, 1.165) is 34.9 Å². The third-order valence-electron chi connectivity index (χ3n) is 5.36.